The number of aromatic nitrogens is 2. The van der Waals surface area contributed by atoms with Gasteiger partial charge in [-0.05, 0) is 14.1 Å². The highest BCUT2D eigenvalue weighted by Gasteiger charge is 2.13. The highest BCUT2D eigenvalue weighted by Crippen LogP contribution is 2.06. The molecule has 0 saturated heterocycles. The zero-order valence-electron chi connectivity index (χ0n) is 8.92. The molecule has 2 N–H and O–H groups in total. The fourth-order valence-corrected chi connectivity index (χ4v) is 1.07. The summed E-state index contributed by atoms with van der Waals surface area (Å²) in [4.78, 5) is 22.4. The van der Waals surface area contributed by atoms with Crippen LogP contribution >= 0.6 is 0 Å². The number of nitrogens with two attached hydrogens (primary N) is 1. The molecule has 15 heavy (non-hydrogen) atoms. The third-order valence-electron chi connectivity index (χ3n) is 1.86. The molecule has 1 rings (SSSR count). The third kappa shape index (κ3) is 3.51. The summed E-state index contributed by atoms with van der Waals surface area (Å²) in [6.07, 6.45) is 4.59. The lowest BCUT2D eigenvalue weighted by Crippen LogP contribution is -2.40. The largest absolute Gasteiger partial charge is 0.351 e. The Morgan fingerprint density at radius 2 is 2.13 bits per heavy atom. The van der Waals surface area contributed by atoms with Gasteiger partial charge in [0.1, 0.15) is 0 Å². The fraction of sp³-hybridized carbons (Fsp3) is 0.444. The Hall–Kier alpha value is -1.69. The van der Waals surface area contributed by atoms with Gasteiger partial charge in [0, 0.05) is 25.5 Å². The Bertz CT molecular complexity index is 314. The molecule has 1 aromatic rings. The number of carbonyl (C=O) groups is 1. The second-order valence-corrected chi connectivity index (χ2v) is 3.36. The maximum atomic E-state index is 11.2. The van der Waals surface area contributed by atoms with Gasteiger partial charge in [0.25, 0.3) is 0 Å². The lowest BCUT2D eigenvalue weighted by Gasteiger charge is -2.20. The first-order chi connectivity index (χ1) is 7.11. The second-order valence-electron chi connectivity index (χ2n) is 3.36. The van der Waals surface area contributed by atoms with Crippen LogP contribution in [0, 0.1) is 0 Å². The third-order valence-corrected chi connectivity index (χ3v) is 1.86. The van der Waals surface area contributed by atoms with E-state index in [0.29, 0.717) is 12.4 Å². The van der Waals surface area contributed by atoms with Crippen LogP contribution in [-0.2, 0) is 0 Å². The van der Waals surface area contributed by atoms with E-state index >= 15 is 0 Å². The number of rotatable bonds is 4. The maximum absolute atomic E-state index is 11.2. The van der Waals surface area contributed by atoms with E-state index in [1.165, 1.54) is 17.3 Å². The number of primary amides is 1. The zero-order chi connectivity index (χ0) is 11.3. The molecule has 0 aliphatic carbocycles. The summed E-state index contributed by atoms with van der Waals surface area (Å²) >= 11 is 0. The van der Waals surface area contributed by atoms with Crippen molar-refractivity contribution >= 4 is 11.8 Å². The van der Waals surface area contributed by atoms with Crippen LogP contribution in [0.15, 0.2) is 18.6 Å². The molecule has 1 heterocycles. The lowest BCUT2D eigenvalue weighted by atomic mass is 10.4. The van der Waals surface area contributed by atoms with Crippen LogP contribution in [0.3, 0.4) is 0 Å². The number of hydrogen-bond acceptors (Lipinski definition) is 4. The molecule has 0 aromatic carbocycles. The van der Waals surface area contributed by atoms with Gasteiger partial charge < -0.3 is 10.6 Å². The van der Waals surface area contributed by atoms with Crippen molar-refractivity contribution in [1.82, 2.24) is 14.9 Å². The van der Waals surface area contributed by atoms with Crippen molar-refractivity contribution in [3.05, 3.63) is 18.6 Å². The molecule has 0 radical (unpaired) electrons. The maximum Gasteiger partial charge on any atom is 0.320 e. The Morgan fingerprint density at radius 3 is 2.60 bits per heavy atom. The zero-order valence-corrected chi connectivity index (χ0v) is 8.92. The minimum Gasteiger partial charge on any atom is -0.351 e. The van der Waals surface area contributed by atoms with Gasteiger partial charge in [-0.15, -0.1) is 0 Å². The van der Waals surface area contributed by atoms with Gasteiger partial charge in [-0.2, -0.15) is 0 Å². The van der Waals surface area contributed by atoms with Crippen LogP contribution in [0.4, 0.5) is 10.6 Å². The van der Waals surface area contributed by atoms with E-state index in [1.54, 1.807) is 6.20 Å². The summed E-state index contributed by atoms with van der Waals surface area (Å²) in [5.74, 6) is 0.479. The second kappa shape index (κ2) is 5.26. The van der Waals surface area contributed by atoms with Gasteiger partial charge in [-0.25, -0.2) is 9.78 Å². The molecular weight excluding hydrogens is 194 g/mol. The van der Waals surface area contributed by atoms with Crippen molar-refractivity contribution in [2.24, 2.45) is 5.73 Å². The molecular formula is C9H15N5O. The van der Waals surface area contributed by atoms with Crippen LogP contribution in [-0.4, -0.2) is 48.1 Å². The van der Waals surface area contributed by atoms with E-state index in [2.05, 4.69) is 9.97 Å². The van der Waals surface area contributed by atoms with E-state index < -0.39 is 6.03 Å². The van der Waals surface area contributed by atoms with Crippen molar-refractivity contribution in [3.63, 3.8) is 0 Å². The van der Waals surface area contributed by atoms with Gasteiger partial charge in [0.05, 0.1) is 6.20 Å². The van der Waals surface area contributed by atoms with Gasteiger partial charge in [0.15, 0.2) is 5.82 Å². The summed E-state index contributed by atoms with van der Waals surface area (Å²) in [6, 6.07) is -0.516. The van der Waals surface area contributed by atoms with Gasteiger partial charge in [0.2, 0.25) is 0 Å². The van der Waals surface area contributed by atoms with Crippen molar-refractivity contribution in [2.75, 3.05) is 32.1 Å². The van der Waals surface area contributed by atoms with E-state index in [4.69, 9.17) is 5.73 Å². The molecule has 0 saturated carbocycles. The molecule has 0 spiro atoms. The van der Waals surface area contributed by atoms with Crippen molar-refractivity contribution < 1.29 is 4.79 Å². The van der Waals surface area contributed by atoms with Crippen molar-refractivity contribution in [2.45, 2.75) is 0 Å². The molecule has 0 fully saturated rings. The standard InChI is InChI=1S/C9H15N5O/c1-13(2)5-6-14(9(10)15)8-7-11-3-4-12-8/h3-4,7H,5-6H2,1-2H3,(H2,10,15). The number of urea groups is 1. The average Bonchev–Trinajstić information content (AvgIpc) is 2.18. The Labute approximate surface area is 88.7 Å². The molecule has 0 aliphatic heterocycles. The number of likely N-dealkylation sites (N-methyl/N-ethyl adjacent to an activating group) is 1. The predicted molar refractivity (Wildman–Crippen MR) is 57.5 cm³/mol. The molecule has 0 bridgehead atoms. The molecule has 82 valence electrons. The van der Waals surface area contributed by atoms with Crippen molar-refractivity contribution in [3.8, 4) is 0 Å². The molecule has 6 heteroatoms. The Balaban J connectivity index is 2.71. The summed E-state index contributed by atoms with van der Waals surface area (Å²) in [6.45, 7) is 1.22. The molecule has 0 aliphatic rings. The molecule has 0 unspecified atom stereocenters. The summed E-state index contributed by atoms with van der Waals surface area (Å²) in [5, 5.41) is 0. The SMILES string of the molecule is CN(C)CCN(C(N)=O)c1cnccn1. The van der Waals surface area contributed by atoms with Gasteiger partial charge >= 0.3 is 6.03 Å². The van der Waals surface area contributed by atoms with E-state index in [1.807, 2.05) is 19.0 Å². The normalized spacial score (nSPS) is 10.3. The first-order valence-electron chi connectivity index (χ1n) is 4.59. The van der Waals surface area contributed by atoms with Crippen LogP contribution in [0.1, 0.15) is 0 Å². The highest BCUT2D eigenvalue weighted by atomic mass is 16.2. The minimum absolute atomic E-state index is 0.479. The average molecular weight is 209 g/mol. The van der Waals surface area contributed by atoms with Crippen LogP contribution < -0.4 is 10.6 Å². The molecule has 6 nitrogen and oxygen atoms in total. The number of hydrogen-bond donors (Lipinski definition) is 1. The van der Waals surface area contributed by atoms with E-state index in [9.17, 15) is 4.79 Å². The topological polar surface area (TPSA) is 75.3 Å². The monoisotopic (exact) mass is 209 g/mol. The van der Waals surface area contributed by atoms with E-state index in [0.717, 1.165) is 6.54 Å². The number of carbonyl (C=O) groups excluding carboxylic acids is 1. The Kier molecular flexibility index (Phi) is 3.99. The molecule has 0 atom stereocenters. The minimum atomic E-state index is -0.516. The number of amides is 2. The highest BCUT2D eigenvalue weighted by molar-refractivity contribution is 5.89. The predicted octanol–water partition coefficient (Wildman–Crippen LogP) is -0.0767. The quantitative estimate of drug-likeness (QED) is 0.752. The van der Waals surface area contributed by atoms with Crippen LogP contribution in [0.2, 0.25) is 0 Å². The molecule has 2 amide bonds. The summed E-state index contributed by atoms with van der Waals surface area (Å²) in [7, 11) is 3.85. The van der Waals surface area contributed by atoms with Gasteiger partial charge in [-0.1, -0.05) is 0 Å². The Morgan fingerprint density at radius 1 is 1.40 bits per heavy atom. The van der Waals surface area contributed by atoms with Crippen molar-refractivity contribution in [1.29, 1.82) is 0 Å². The van der Waals surface area contributed by atoms with E-state index in [-0.39, 0.29) is 0 Å². The first-order valence-corrected chi connectivity index (χ1v) is 4.59. The van der Waals surface area contributed by atoms with Crippen LogP contribution in [0.5, 0.6) is 0 Å². The summed E-state index contributed by atoms with van der Waals surface area (Å²) in [5.41, 5.74) is 5.26. The summed E-state index contributed by atoms with van der Waals surface area (Å²) < 4.78 is 0. The fourth-order valence-electron chi connectivity index (χ4n) is 1.07. The number of nitrogens with zero attached hydrogens (tertiary/aromatic N) is 4. The number of anilines is 1. The first kappa shape index (κ1) is 11.4. The van der Waals surface area contributed by atoms with Crippen LogP contribution in [0.25, 0.3) is 0 Å². The smallest absolute Gasteiger partial charge is 0.320 e. The molecule has 1 aromatic heterocycles. The van der Waals surface area contributed by atoms with Gasteiger partial charge in [-0.3, -0.25) is 9.88 Å². The lowest BCUT2D eigenvalue weighted by molar-refractivity contribution is 0.253.